The van der Waals surface area contributed by atoms with Gasteiger partial charge in [-0.05, 0) is 39.3 Å². The monoisotopic (exact) mass is 832 g/mol. The average molecular weight is 833 g/mol. The van der Waals surface area contributed by atoms with Crippen molar-refractivity contribution in [2.24, 2.45) is 0 Å². The minimum absolute atomic E-state index is 0.486. The first-order chi connectivity index (χ1) is 20.9. The van der Waals surface area contributed by atoms with Crippen molar-refractivity contribution in [3.63, 3.8) is 0 Å². The first-order valence-electron chi connectivity index (χ1n) is 14.4. The zero-order valence-electron chi connectivity index (χ0n) is 28.8. The number of rotatable bonds is 4. The third-order valence-electron chi connectivity index (χ3n) is 5.12. The van der Waals surface area contributed by atoms with Gasteiger partial charge in [0.2, 0.25) is 0 Å². The smallest absolute Gasteiger partial charge is 0.475 e. The van der Waals surface area contributed by atoms with Crippen LogP contribution >= 0.6 is 0 Å². The Morgan fingerprint density at radius 2 is 0.609 bits per heavy atom. The first kappa shape index (κ1) is 43.7. The predicted molar refractivity (Wildman–Crippen MR) is 182 cm³/mol. The van der Waals surface area contributed by atoms with Gasteiger partial charge in [-0.2, -0.15) is 0 Å². The van der Waals surface area contributed by atoms with Gasteiger partial charge in [0.25, 0.3) is 33.2 Å². The van der Waals surface area contributed by atoms with Crippen molar-refractivity contribution in [2.45, 2.75) is 93.2 Å². The summed E-state index contributed by atoms with van der Waals surface area (Å²) < 4.78 is 79.4. The van der Waals surface area contributed by atoms with Gasteiger partial charge in [0.05, 0.1) is 0 Å². The maximum atomic E-state index is 11.4. The van der Waals surface area contributed by atoms with Crippen LogP contribution in [0.4, 0.5) is 0 Å². The number of hydrogen-bond donors (Lipinski definition) is 0. The fourth-order valence-corrected chi connectivity index (χ4v) is 38.7. The molecule has 2 fully saturated rings. The Morgan fingerprint density at radius 1 is 0.391 bits per heavy atom. The van der Waals surface area contributed by atoms with Crippen molar-refractivity contribution in [3.8, 4) is 0 Å². The predicted octanol–water partition coefficient (Wildman–Crippen LogP) is -0.205. The van der Waals surface area contributed by atoms with E-state index in [2.05, 4.69) is 0 Å². The Balaban J connectivity index is 0.000000460. The maximum absolute atomic E-state index is 11.4. The minimum atomic E-state index is -3.43. The first-order valence-corrected chi connectivity index (χ1v) is 35.9. The zero-order valence-corrected chi connectivity index (χ0v) is 39.7. The standard InChI is InChI=1S/2C9H24O9Si5/c1-8(10)12-22(6)15-19(3)14-20(4)16-23(7,13-9(2)11)18-21(5)17-22;1-8(10)12-22(6)16-20(4)14-19(3)15-21(5)17-23(7,18-22)13-9(2)11/h2*19-21H,1-7H3. The van der Waals surface area contributed by atoms with Crippen LogP contribution in [0.15, 0.2) is 0 Å². The molecule has 0 spiro atoms. The van der Waals surface area contributed by atoms with Gasteiger partial charge in [-0.25, -0.2) is 0 Å². The van der Waals surface area contributed by atoms with Crippen molar-refractivity contribution >= 4 is 115 Å². The van der Waals surface area contributed by atoms with E-state index in [-0.39, 0.29) is 0 Å². The Hall–Kier alpha value is -0.351. The maximum Gasteiger partial charge on any atom is 0.548 e. The van der Waals surface area contributed by atoms with Crippen molar-refractivity contribution in [1.29, 1.82) is 0 Å². The summed E-state index contributed by atoms with van der Waals surface area (Å²) in [6.45, 7) is 22.4. The van der Waals surface area contributed by atoms with Gasteiger partial charge in [-0.1, -0.05) is 0 Å². The highest BCUT2D eigenvalue weighted by molar-refractivity contribution is 6.83. The van der Waals surface area contributed by atoms with Crippen LogP contribution < -0.4 is 0 Å². The Bertz CT molecular complexity index is 990. The highest BCUT2D eigenvalue weighted by Gasteiger charge is 2.54. The van der Waals surface area contributed by atoms with E-state index in [0.29, 0.717) is 0 Å². The molecule has 0 aromatic carbocycles. The van der Waals surface area contributed by atoms with Gasteiger partial charge in [-0.3, -0.25) is 19.2 Å². The molecule has 2 saturated heterocycles. The largest absolute Gasteiger partial charge is 0.548 e. The summed E-state index contributed by atoms with van der Waals surface area (Å²) in [6.07, 6.45) is 0. The second-order valence-corrected chi connectivity index (χ2v) is 34.7. The van der Waals surface area contributed by atoms with Gasteiger partial charge in [0.15, 0.2) is 0 Å². The molecular formula is C18H48O18Si10. The minimum Gasteiger partial charge on any atom is -0.475 e. The molecule has 0 amide bonds. The van der Waals surface area contributed by atoms with E-state index in [1.54, 1.807) is 32.7 Å². The van der Waals surface area contributed by atoms with E-state index in [4.69, 9.17) is 58.9 Å². The lowest BCUT2D eigenvalue weighted by Crippen LogP contribution is -2.61. The molecule has 0 N–H and O–H groups in total. The molecule has 0 bridgehead atoms. The van der Waals surface area contributed by atoms with Crippen LogP contribution in [0.25, 0.3) is 0 Å². The molecule has 18 nitrogen and oxygen atoms in total. The summed E-state index contributed by atoms with van der Waals surface area (Å²) in [7, 11) is -26.1. The van der Waals surface area contributed by atoms with E-state index in [1.165, 1.54) is 27.7 Å². The summed E-state index contributed by atoms with van der Waals surface area (Å²) in [5.41, 5.74) is 0. The van der Waals surface area contributed by atoms with E-state index in [0.717, 1.165) is 0 Å². The molecule has 0 aromatic rings. The fourth-order valence-electron chi connectivity index (χ4n) is 4.46. The van der Waals surface area contributed by atoms with E-state index in [1.807, 2.05) is 32.7 Å². The van der Waals surface area contributed by atoms with E-state index >= 15 is 0 Å². The second kappa shape index (κ2) is 18.6. The van der Waals surface area contributed by atoms with Crippen LogP contribution in [0, 0.1) is 0 Å². The lowest BCUT2D eigenvalue weighted by Gasteiger charge is -2.38. The number of carbonyl (C=O) groups excluding carboxylic acids is 4. The van der Waals surface area contributed by atoms with Crippen molar-refractivity contribution in [3.05, 3.63) is 0 Å². The highest BCUT2D eigenvalue weighted by atomic mass is 28.5. The van der Waals surface area contributed by atoms with Crippen LogP contribution in [-0.2, 0) is 78.0 Å². The van der Waals surface area contributed by atoms with Crippen LogP contribution in [0.5, 0.6) is 0 Å². The summed E-state index contributed by atoms with van der Waals surface area (Å²) in [6, 6.07) is 0. The van der Waals surface area contributed by atoms with Crippen molar-refractivity contribution in [1.82, 2.24) is 0 Å². The summed E-state index contributed by atoms with van der Waals surface area (Å²) in [4.78, 5) is 45.5. The molecule has 0 aromatic heterocycles. The average Bonchev–Trinajstić information content (AvgIpc) is 2.72. The van der Waals surface area contributed by atoms with Gasteiger partial charge >= 0.3 is 81.6 Å². The SMILES string of the molecule is CC(=O)O[Si]1(C)O[SiH](C)O[SiH](C)O[SiH](C)O[Si](C)(OC(C)=O)O1.CC(=O)O[Si]1(C)O[SiH](C)O[SiH](C)O[Si](C)(OC(C)=O)O[SiH](C)O1. The number of hydrogen-bond acceptors (Lipinski definition) is 18. The molecule has 8 atom stereocenters. The molecule has 2 aliphatic heterocycles. The molecule has 8 unspecified atom stereocenters. The zero-order chi connectivity index (χ0) is 35.7. The molecule has 2 heterocycles. The lowest BCUT2D eigenvalue weighted by molar-refractivity contribution is -0.138. The molecule has 28 heteroatoms. The third kappa shape index (κ3) is 17.3. The van der Waals surface area contributed by atoms with Crippen LogP contribution in [0.3, 0.4) is 0 Å². The molecule has 2 aliphatic rings. The van der Waals surface area contributed by atoms with Crippen molar-refractivity contribution < 1.29 is 78.0 Å². The van der Waals surface area contributed by atoms with E-state index in [9.17, 15) is 19.2 Å². The molecule has 268 valence electrons. The third-order valence-corrected chi connectivity index (χ3v) is 38.2. The van der Waals surface area contributed by atoms with Gasteiger partial charge in [0, 0.05) is 53.9 Å². The van der Waals surface area contributed by atoms with Crippen LogP contribution in [-0.4, -0.2) is 115 Å². The normalized spacial score (nSPS) is 39.3. The Morgan fingerprint density at radius 3 is 0.891 bits per heavy atom. The summed E-state index contributed by atoms with van der Waals surface area (Å²) >= 11 is 0. The topological polar surface area (TPSA) is 197 Å². The quantitative estimate of drug-likeness (QED) is 0.337. The molecular weight excluding hydrogens is 785 g/mol. The second-order valence-electron chi connectivity index (χ2n) is 10.4. The summed E-state index contributed by atoms with van der Waals surface area (Å²) in [5, 5.41) is 0. The number of carbonyl (C=O) groups is 4. The lowest BCUT2D eigenvalue weighted by atomic mass is 10.9. The molecule has 0 aliphatic carbocycles. The molecule has 46 heavy (non-hydrogen) atoms. The van der Waals surface area contributed by atoms with E-state index < -0.39 is 115 Å². The highest BCUT2D eigenvalue weighted by Crippen LogP contribution is 2.24. The van der Waals surface area contributed by atoms with Crippen molar-refractivity contribution in [2.75, 3.05) is 0 Å². The van der Waals surface area contributed by atoms with Gasteiger partial charge in [0.1, 0.15) is 0 Å². The molecule has 0 saturated carbocycles. The summed E-state index contributed by atoms with van der Waals surface area (Å²) in [5.74, 6) is -2.05. The molecule has 2 rings (SSSR count). The Labute approximate surface area is 285 Å². The Kier molecular flexibility index (Phi) is 17.6. The fraction of sp³-hybridized carbons (Fsp3) is 0.778. The van der Waals surface area contributed by atoms with Crippen LogP contribution in [0.2, 0.25) is 65.5 Å². The van der Waals surface area contributed by atoms with Gasteiger partial charge < -0.3 is 58.9 Å². The molecule has 0 radical (unpaired) electrons. The van der Waals surface area contributed by atoms with Gasteiger partial charge in [-0.15, -0.1) is 0 Å². The van der Waals surface area contributed by atoms with Crippen LogP contribution in [0.1, 0.15) is 27.7 Å².